The van der Waals surface area contributed by atoms with E-state index in [-0.39, 0.29) is 47.1 Å². The first kappa shape index (κ1) is 41.3. The topological polar surface area (TPSA) is 167 Å². The van der Waals surface area contributed by atoms with Gasteiger partial charge < -0.3 is 40.0 Å². The lowest BCUT2D eigenvalue weighted by Crippen LogP contribution is -2.33. The van der Waals surface area contributed by atoms with Crippen LogP contribution in [0.15, 0.2) is 69.5 Å². The van der Waals surface area contributed by atoms with Crippen molar-refractivity contribution in [1.82, 2.24) is 20.6 Å². The summed E-state index contributed by atoms with van der Waals surface area (Å²) in [5.74, 6) is -5.21. The normalized spacial score (nSPS) is 18.6. The fourth-order valence-corrected chi connectivity index (χ4v) is 6.50. The quantitative estimate of drug-likeness (QED) is 0.122. The Bertz CT molecular complexity index is 2380. The van der Waals surface area contributed by atoms with Gasteiger partial charge in [0.1, 0.15) is 51.8 Å². The largest absolute Gasteiger partial charge is 0.497 e. The summed E-state index contributed by atoms with van der Waals surface area (Å²) in [4.78, 5) is 31.6. The highest BCUT2D eigenvalue weighted by molar-refractivity contribution is 6.31. The third-order valence-corrected chi connectivity index (χ3v) is 9.32. The standard InChI is InChI=1S/C18H14ClF2N3O3.C11H12F2N2O2.C7H3Cl2NO.CH3F/c1-26-9-5-11(20)15(12(21)6-9)10-7-22-17(25)16(10)24-18-23-13-3-2-8(19)4-14(13)27-18;1-17-5-2-7(12)9(8(13)3-5)6-4-15-11(16)10(6)14;8-4-1-2-5-6(3-4)11-7(9)10-5;1-2/h2-6,10,16H,7H2,1H3,(H,22,25)(H,23,24);2-3,6,10H,4,14H2,1H3,(H,15,16);1-3H;1H3/t10-,16-;6-,10-;;/m00../s1/i;;;1D. The van der Waals surface area contributed by atoms with E-state index in [4.69, 9.17) is 60.2 Å². The van der Waals surface area contributed by atoms with Crippen LogP contribution in [0.4, 0.5) is 28.0 Å². The Hall–Kier alpha value is -5.36. The second kappa shape index (κ2) is 18.7. The van der Waals surface area contributed by atoms with E-state index in [1.165, 1.54) is 14.2 Å². The van der Waals surface area contributed by atoms with Crippen LogP contribution in [-0.2, 0) is 9.59 Å². The molecule has 2 fully saturated rings. The Morgan fingerprint density at radius 2 is 1.21 bits per heavy atom. The van der Waals surface area contributed by atoms with Crippen LogP contribution in [0, 0.1) is 23.3 Å². The number of carbonyl (C=O) groups excluding carboxylic acids is 2. The number of hydrogen-bond donors (Lipinski definition) is 4. The van der Waals surface area contributed by atoms with Gasteiger partial charge in [0.05, 0.1) is 28.8 Å². The van der Waals surface area contributed by atoms with E-state index in [1.54, 1.807) is 36.4 Å². The van der Waals surface area contributed by atoms with Crippen LogP contribution in [0.25, 0.3) is 22.2 Å². The van der Waals surface area contributed by atoms with Gasteiger partial charge in [0.2, 0.25) is 11.8 Å². The Balaban J connectivity index is 0.000000176. The molecule has 0 bridgehead atoms. The number of methoxy groups -OCH3 is 2. The van der Waals surface area contributed by atoms with Gasteiger partial charge in [0.15, 0.2) is 11.2 Å². The molecule has 5 N–H and O–H groups in total. The number of rotatable bonds is 6. The molecule has 2 aliphatic rings. The SMILES string of the molecule is COc1cc(F)c([C@@H]2CNC(=O)[C@H]2N)c(F)c1.COc1cc(F)c([C@@H]2CNC(=O)[C@H]2Nc2nc3ccc(Cl)cc3o2)c(F)c1.Clc1ccc2nc(Cl)oc2c1.[2H]CF. The molecule has 8 rings (SSSR count). The number of anilines is 1. The molecule has 4 aromatic carbocycles. The van der Waals surface area contributed by atoms with Gasteiger partial charge in [0, 0.05) is 82.5 Å². The van der Waals surface area contributed by atoms with Crippen LogP contribution in [0.1, 0.15) is 24.3 Å². The van der Waals surface area contributed by atoms with Crippen LogP contribution >= 0.6 is 34.8 Å². The highest BCUT2D eigenvalue weighted by Crippen LogP contribution is 2.34. The van der Waals surface area contributed by atoms with E-state index in [9.17, 15) is 31.5 Å². The monoisotopic (exact) mass is 857 g/mol. The molecule has 0 radical (unpaired) electrons. The van der Waals surface area contributed by atoms with Crippen molar-refractivity contribution in [3.05, 3.63) is 110 Å². The first-order valence-electron chi connectivity index (χ1n) is 17.1. The fourth-order valence-electron chi connectivity index (χ4n) is 6.01. The number of nitrogens with one attached hydrogen (secondary N) is 3. The van der Waals surface area contributed by atoms with Gasteiger partial charge in [-0.3, -0.25) is 14.0 Å². The summed E-state index contributed by atoms with van der Waals surface area (Å²) < 4.78 is 92.1. The minimum Gasteiger partial charge on any atom is -0.497 e. The summed E-state index contributed by atoms with van der Waals surface area (Å²) in [6.45, 7) is 0.211. The van der Waals surface area contributed by atoms with E-state index < -0.39 is 66.2 Å². The number of oxazole rings is 2. The number of carbonyl (C=O) groups is 2. The number of halogens is 8. The zero-order valence-corrected chi connectivity index (χ0v) is 31.9. The maximum absolute atomic E-state index is 14.5. The van der Waals surface area contributed by atoms with Crippen LogP contribution in [-0.4, -0.2) is 68.3 Å². The van der Waals surface area contributed by atoms with Gasteiger partial charge in [-0.25, -0.2) is 17.6 Å². The van der Waals surface area contributed by atoms with Crippen molar-refractivity contribution in [3.8, 4) is 11.5 Å². The molecule has 57 heavy (non-hydrogen) atoms. The molecule has 12 nitrogen and oxygen atoms in total. The minimum absolute atomic E-state index is 0.0615. The summed E-state index contributed by atoms with van der Waals surface area (Å²) in [7, 11) is 1.64. The number of nitrogens with two attached hydrogens (primary N) is 1. The molecule has 6 aromatic rings. The molecule has 20 heteroatoms. The molecule has 2 saturated heterocycles. The number of alkyl halides is 1. The Morgan fingerprint density at radius 1 is 0.754 bits per heavy atom. The smallest absolute Gasteiger partial charge is 0.296 e. The van der Waals surface area contributed by atoms with E-state index in [0.29, 0.717) is 26.7 Å². The van der Waals surface area contributed by atoms with E-state index in [0.717, 1.165) is 29.8 Å². The average Bonchev–Trinajstić information content (AvgIpc) is 3.94. The van der Waals surface area contributed by atoms with Crippen molar-refractivity contribution >= 4 is 74.8 Å². The molecule has 302 valence electrons. The van der Waals surface area contributed by atoms with Gasteiger partial charge in [-0.15, -0.1) is 0 Å². The van der Waals surface area contributed by atoms with E-state index in [1.807, 2.05) is 0 Å². The van der Waals surface area contributed by atoms with Crippen LogP contribution in [0.2, 0.25) is 15.4 Å². The second-order valence-electron chi connectivity index (χ2n) is 12.1. The molecule has 0 aliphatic carbocycles. The predicted octanol–water partition coefficient (Wildman–Crippen LogP) is 7.70. The van der Waals surface area contributed by atoms with Crippen molar-refractivity contribution in [2.45, 2.75) is 23.9 Å². The van der Waals surface area contributed by atoms with Gasteiger partial charge >= 0.3 is 0 Å². The third kappa shape index (κ3) is 9.79. The van der Waals surface area contributed by atoms with Gasteiger partial charge in [-0.05, 0) is 35.9 Å². The van der Waals surface area contributed by atoms with Crippen LogP contribution < -0.4 is 31.2 Å². The Kier molecular flexibility index (Phi) is 13.6. The van der Waals surface area contributed by atoms with E-state index in [2.05, 4.69) is 25.9 Å². The fraction of sp³-hybridized carbons (Fsp3) is 0.243. The molecular weight excluding hydrogens is 826 g/mol. The van der Waals surface area contributed by atoms with E-state index >= 15 is 0 Å². The molecule has 0 saturated carbocycles. The third-order valence-electron chi connectivity index (χ3n) is 8.69. The lowest BCUT2D eigenvalue weighted by Gasteiger charge is -2.19. The van der Waals surface area contributed by atoms with Crippen molar-refractivity contribution in [3.63, 3.8) is 0 Å². The lowest BCUT2D eigenvalue weighted by atomic mass is 9.93. The summed E-state index contributed by atoms with van der Waals surface area (Å²) in [6.07, 6.45) is 0. The van der Waals surface area contributed by atoms with Crippen molar-refractivity contribution in [2.24, 2.45) is 5.73 Å². The zero-order chi connectivity index (χ0) is 42.3. The number of aromatic nitrogens is 2. The molecule has 0 unspecified atom stereocenters. The van der Waals surface area contributed by atoms with Crippen LogP contribution in [0.5, 0.6) is 11.5 Å². The van der Waals surface area contributed by atoms with Gasteiger partial charge in [-0.2, -0.15) is 9.97 Å². The molecule has 4 heterocycles. The average molecular weight is 859 g/mol. The predicted molar refractivity (Wildman–Crippen MR) is 203 cm³/mol. The first-order valence-corrected chi connectivity index (χ1v) is 17.6. The molecule has 4 atom stereocenters. The Morgan fingerprint density at radius 3 is 1.70 bits per heavy atom. The molecule has 0 spiro atoms. The zero-order valence-electron chi connectivity index (χ0n) is 30.6. The maximum atomic E-state index is 14.5. The number of fused-ring (bicyclic) bond motifs is 2. The second-order valence-corrected chi connectivity index (χ2v) is 13.3. The molecular formula is C37H32Cl3F5N6O6. The van der Waals surface area contributed by atoms with Crippen molar-refractivity contribution in [1.29, 1.82) is 0 Å². The van der Waals surface area contributed by atoms with Gasteiger partial charge in [0.25, 0.3) is 11.4 Å². The maximum Gasteiger partial charge on any atom is 0.296 e. The highest BCUT2D eigenvalue weighted by Gasteiger charge is 2.40. The molecule has 2 amide bonds. The Labute approximate surface area is 337 Å². The number of nitrogens with zero attached hydrogens (tertiary/aromatic N) is 2. The van der Waals surface area contributed by atoms with Gasteiger partial charge in [-0.1, -0.05) is 23.2 Å². The van der Waals surface area contributed by atoms with Crippen molar-refractivity contribution in [2.75, 3.05) is 39.8 Å². The summed E-state index contributed by atoms with van der Waals surface area (Å²) in [6, 6.07) is 12.6. The first-order chi connectivity index (χ1) is 27.7. The summed E-state index contributed by atoms with van der Waals surface area (Å²) in [5, 5.41) is 9.15. The number of ether oxygens (including phenoxy) is 2. The summed E-state index contributed by atoms with van der Waals surface area (Å²) >= 11 is 17.1. The molecule has 2 aromatic heterocycles. The lowest BCUT2D eigenvalue weighted by molar-refractivity contribution is -0.120. The number of benzene rings is 4. The number of hydrogen-bond acceptors (Lipinski definition) is 10. The highest BCUT2D eigenvalue weighted by atomic mass is 35.5. The number of amides is 2. The van der Waals surface area contributed by atoms with Crippen LogP contribution in [0.3, 0.4) is 0 Å². The van der Waals surface area contributed by atoms with Crippen molar-refractivity contribution < 1.29 is 51.2 Å². The molecule has 2 aliphatic heterocycles. The summed E-state index contributed by atoms with van der Waals surface area (Å²) in [5.41, 5.74) is 7.52. The minimum atomic E-state index is -1.00.